The molecule has 0 saturated carbocycles. The number of nitrogens with one attached hydrogen (secondary N) is 2. The molecule has 0 aliphatic heterocycles. The average Bonchev–Trinajstić information content (AvgIpc) is 2.38. The van der Waals surface area contributed by atoms with Gasteiger partial charge in [-0.15, -0.1) is 0 Å². The summed E-state index contributed by atoms with van der Waals surface area (Å²) in [7, 11) is 0. The fourth-order valence-corrected chi connectivity index (χ4v) is 1.37. The molecule has 0 saturated heterocycles. The number of amides is 3. The van der Waals surface area contributed by atoms with Gasteiger partial charge in [-0.25, -0.2) is 9.59 Å². The minimum absolute atomic E-state index is 0.132. The van der Waals surface area contributed by atoms with Crippen LogP contribution in [0.2, 0.25) is 5.02 Å². The summed E-state index contributed by atoms with van der Waals surface area (Å²) in [6.07, 6.45) is 1.29. The van der Waals surface area contributed by atoms with Crippen LogP contribution in [-0.4, -0.2) is 23.0 Å². The van der Waals surface area contributed by atoms with Gasteiger partial charge in [-0.05, 0) is 18.2 Å². The zero-order valence-electron chi connectivity index (χ0n) is 9.88. The van der Waals surface area contributed by atoms with Gasteiger partial charge in [-0.2, -0.15) is 5.26 Å². The van der Waals surface area contributed by atoms with E-state index in [1.807, 2.05) is 11.4 Å². The molecule has 0 unspecified atom stereocenters. The predicted molar refractivity (Wildman–Crippen MR) is 70.1 cm³/mol. The summed E-state index contributed by atoms with van der Waals surface area (Å²) >= 11 is 5.82. The molecule has 0 spiro atoms. The van der Waals surface area contributed by atoms with E-state index >= 15 is 0 Å². The van der Waals surface area contributed by atoms with E-state index in [2.05, 4.69) is 5.32 Å². The molecule has 0 radical (unpaired) electrons. The Morgan fingerprint density at radius 3 is 2.55 bits per heavy atom. The summed E-state index contributed by atoms with van der Waals surface area (Å²) in [5.41, 5.74) is 0.527. The molecule has 1 aromatic rings. The standard InChI is InChI=1S/C12H8ClN3O4/c13-8-5-7(6-14)1-2-9(8)15-12(20)16-10(17)3-4-11(18)19/h1-5H,(H,18,19)(H2,15,16,17,20)/b4-3+. The van der Waals surface area contributed by atoms with Crippen LogP contribution in [0.1, 0.15) is 5.56 Å². The molecule has 0 atom stereocenters. The largest absolute Gasteiger partial charge is 0.478 e. The van der Waals surface area contributed by atoms with E-state index in [1.165, 1.54) is 18.2 Å². The molecule has 20 heavy (non-hydrogen) atoms. The minimum Gasteiger partial charge on any atom is -0.478 e. The highest BCUT2D eigenvalue weighted by Gasteiger charge is 2.08. The van der Waals surface area contributed by atoms with Crippen molar-refractivity contribution in [2.75, 3.05) is 5.32 Å². The molecule has 0 bridgehead atoms. The first kappa shape index (κ1) is 15.2. The fourth-order valence-electron chi connectivity index (χ4n) is 1.14. The van der Waals surface area contributed by atoms with Gasteiger partial charge in [-0.1, -0.05) is 11.6 Å². The van der Waals surface area contributed by atoms with Gasteiger partial charge in [0.05, 0.1) is 22.3 Å². The summed E-state index contributed by atoms with van der Waals surface area (Å²) < 4.78 is 0. The number of urea groups is 1. The van der Waals surface area contributed by atoms with Crippen LogP contribution in [-0.2, 0) is 9.59 Å². The van der Waals surface area contributed by atoms with Crippen LogP contribution in [0.3, 0.4) is 0 Å². The summed E-state index contributed by atoms with van der Waals surface area (Å²) in [5, 5.41) is 21.3. The molecule has 0 aromatic heterocycles. The Hall–Kier alpha value is -2.85. The van der Waals surface area contributed by atoms with Crippen molar-refractivity contribution in [1.29, 1.82) is 5.26 Å². The lowest BCUT2D eigenvalue weighted by Crippen LogP contribution is -2.33. The van der Waals surface area contributed by atoms with Crippen LogP contribution < -0.4 is 10.6 Å². The Kier molecular flexibility index (Phi) is 5.26. The molecule has 0 aliphatic rings. The number of anilines is 1. The quantitative estimate of drug-likeness (QED) is 0.730. The van der Waals surface area contributed by atoms with Crippen LogP contribution in [0.4, 0.5) is 10.5 Å². The number of benzene rings is 1. The summed E-state index contributed by atoms with van der Waals surface area (Å²) in [4.78, 5) is 32.7. The fraction of sp³-hybridized carbons (Fsp3) is 0. The molecule has 1 rings (SSSR count). The molecular formula is C12H8ClN3O4. The number of hydrogen-bond acceptors (Lipinski definition) is 4. The van der Waals surface area contributed by atoms with Crippen molar-refractivity contribution in [3.63, 3.8) is 0 Å². The van der Waals surface area contributed by atoms with Crippen molar-refractivity contribution in [3.8, 4) is 6.07 Å². The topological polar surface area (TPSA) is 119 Å². The molecule has 102 valence electrons. The third-order valence-corrected chi connectivity index (χ3v) is 2.27. The number of nitriles is 1. The van der Waals surface area contributed by atoms with E-state index in [4.69, 9.17) is 22.0 Å². The second-order valence-electron chi connectivity index (χ2n) is 3.42. The second kappa shape index (κ2) is 6.92. The maximum atomic E-state index is 11.4. The van der Waals surface area contributed by atoms with Gasteiger partial charge >= 0.3 is 12.0 Å². The lowest BCUT2D eigenvalue weighted by atomic mass is 10.2. The smallest absolute Gasteiger partial charge is 0.328 e. The summed E-state index contributed by atoms with van der Waals surface area (Å²) in [6.45, 7) is 0. The Labute approximate surface area is 118 Å². The Bertz CT molecular complexity index is 634. The summed E-state index contributed by atoms with van der Waals surface area (Å²) in [5.74, 6) is -2.20. The highest BCUT2D eigenvalue weighted by Crippen LogP contribution is 2.22. The van der Waals surface area contributed by atoms with Gasteiger partial charge < -0.3 is 10.4 Å². The number of carboxylic acid groups (broad SMARTS) is 1. The van der Waals surface area contributed by atoms with Crippen LogP contribution in [0.25, 0.3) is 0 Å². The number of rotatable bonds is 3. The van der Waals surface area contributed by atoms with Crippen LogP contribution >= 0.6 is 11.6 Å². The molecule has 3 amide bonds. The van der Waals surface area contributed by atoms with Crippen LogP contribution in [0.5, 0.6) is 0 Å². The molecule has 0 aliphatic carbocycles. The van der Waals surface area contributed by atoms with E-state index in [-0.39, 0.29) is 10.7 Å². The molecule has 1 aromatic carbocycles. The third-order valence-electron chi connectivity index (χ3n) is 1.96. The molecule has 3 N–H and O–H groups in total. The van der Waals surface area contributed by atoms with Gasteiger partial charge in [0.15, 0.2) is 0 Å². The van der Waals surface area contributed by atoms with Crippen molar-refractivity contribution in [2.24, 2.45) is 0 Å². The van der Waals surface area contributed by atoms with Gasteiger partial charge in [0.25, 0.3) is 5.91 Å². The number of carboxylic acids is 1. The second-order valence-corrected chi connectivity index (χ2v) is 3.83. The van der Waals surface area contributed by atoms with E-state index in [9.17, 15) is 14.4 Å². The number of aliphatic carboxylic acids is 1. The van der Waals surface area contributed by atoms with Crippen molar-refractivity contribution < 1.29 is 19.5 Å². The zero-order valence-corrected chi connectivity index (χ0v) is 10.6. The SMILES string of the molecule is N#Cc1ccc(NC(=O)NC(=O)/C=C/C(=O)O)c(Cl)c1. The lowest BCUT2D eigenvalue weighted by molar-refractivity contribution is -0.131. The number of halogens is 1. The average molecular weight is 294 g/mol. The molecule has 0 fully saturated rings. The maximum absolute atomic E-state index is 11.4. The highest BCUT2D eigenvalue weighted by atomic mass is 35.5. The molecular weight excluding hydrogens is 286 g/mol. The van der Waals surface area contributed by atoms with Gasteiger partial charge in [0.2, 0.25) is 0 Å². The van der Waals surface area contributed by atoms with Gasteiger partial charge in [-0.3, -0.25) is 10.1 Å². The maximum Gasteiger partial charge on any atom is 0.328 e. The van der Waals surface area contributed by atoms with E-state index in [1.54, 1.807) is 0 Å². The van der Waals surface area contributed by atoms with Gasteiger partial charge in [0.1, 0.15) is 0 Å². The van der Waals surface area contributed by atoms with Crippen LogP contribution in [0, 0.1) is 11.3 Å². The number of carbonyl (C=O) groups excluding carboxylic acids is 2. The van der Waals surface area contributed by atoms with Crippen molar-refractivity contribution in [3.05, 3.63) is 40.9 Å². The minimum atomic E-state index is -1.31. The van der Waals surface area contributed by atoms with Crippen LogP contribution in [0.15, 0.2) is 30.4 Å². The van der Waals surface area contributed by atoms with Crippen molar-refractivity contribution >= 4 is 35.2 Å². The van der Waals surface area contributed by atoms with E-state index in [0.717, 1.165) is 0 Å². The molecule has 0 heterocycles. The Morgan fingerprint density at radius 2 is 2.00 bits per heavy atom. The third kappa shape index (κ3) is 4.80. The highest BCUT2D eigenvalue weighted by molar-refractivity contribution is 6.33. The normalized spacial score (nSPS) is 9.80. The number of carbonyl (C=O) groups is 3. The Morgan fingerprint density at radius 1 is 1.30 bits per heavy atom. The zero-order chi connectivity index (χ0) is 15.1. The number of hydrogen-bond donors (Lipinski definition) is 3. The monoisotopic (exact) mass is 293 g/mol. The number of imide groups is 1. The first-order valence-electron chi connectivity index (χ1n) is 5.15. The lowest BCUT2D eigenvalue weighted by Gasteiger charge is -2.07. The predicted octanol–water partition coefficient (Wildman–Crippen LogP) is 1.50. The first-order chi connectivity index (χ1) is 9.42. The first-order valence-corrected chi connectivity index (χ1v) is 5.53. The molecule has 8 heteroatoms. The van der Waals surface area contributed by atoms with Crippen molar-refractivity contribution in [1.82, 2.24) is 5.32 Å². The van der Waals surface area contributed by atoms with E-state index in [0.29, 0.717) is 17.7 Å². The Balaban J connectivity index is 2.65. The van der Waals surface area contributed by atoms with E-state index < -0.39 is 17.9 Å². The van der Waals surface area contributed by atoms with Crippen molar-refractivity contribution in [2.45, 2.75) is 0 Å². The van der Waals surface area contributed by atoms with Gasteiger partial charge in [0, 0.05) is 12.2 Å². The summed E-state index contributed by atoms with van der Waals surface area (Å²) in [6, 6.07) is 5.19. The number of nitrogens with zero attached hydrogens (tertiary/aromatic N) is 1. The molecule has 7 nitrogen and oxygen atoms in total.